The molecule has 4 nitrogen and oxygen atoms in total. The lowest BCUT2D eigenvalue weighted by molar-refractivity contribution is 0.419. The number of aryl methyl sites for hydroxylation is 2. The first-order valence-electron chi connectivity index (χ1n) is 6.36. The van der Waals surface area contributed by atoms with Gasteiger partial charge in [-0.25, -0.2) is 0 Å². The van der Waals surface area contributed by atoms with Crippen LogP contribution in [0.2, 0.25) is 0 Å². The van der Waals surface area contributed by atoms with Crippen LogP contribution in [0.1, 0.15) is 29.8 Å². The molecule has 4 heteroatoms. The maximum absolute atomic E-state index is 5.32. The summed E-state index contributed by atoms with van der Waals surface area (Å²) >= 11 is 0. The molecule has 1 heterocycles. The number of hydrogen-bond acceptors (Lipinski definition) is 4. The second-order valence-corrected chi connectivity index (χ2v) is 4.99. The van der Waals surface area contributed by atoms with E-state index in [9.17, 15) is 0 Å². The van der Waals surface area contributed by atoms with Crippen molar-refractivity contribution >= 4 is 0 Å². The molecular weight excluding hydrogens is 226 g/mol. The Morgan fingerprint density at radius 3 is 2.89 bits per heavy atom. The summed E-state index contributed by atoms with van der Waals surface area (Å²) in [5.74, 6) is 1.34. The average molecular weight is 243 g/mol. The normalized spacial score (nSPS) is 15.0. The molecule has 0 saturated heterocycles. The van der Waals surface area contributed by atoms with Gasteiger partial charge in [-0.1, -0.05) is 22.9 Å². The van der Waals surface area contributed by atoms with E-state index in [1.807, 2.05) is 6.07 Å². The van der Waals surface area contributed by atoms with E-state index in [-0.39, 0.29) is 0 Å². The summed E-state index contributed by atoms with van der Waals surface area (Å²) in [6, 6.07) is 6.89. The number of hydrogen-bond donors (Lipinski definition) is 1. The SMILES string of the molecule is Cc1ccc(-c2nc(CNC3CC3)no2)c(C)c1. The van der Waals surface area contributed by atoms with Crippen molar-refractivity contribution in [1.29, 1.82) is 0 Å². The maximum Gasteiger partial charge on any atom is 0.258 e. The van der Waals surface area contributed by atoms with Crippen molar-refractivity contribution in [2.24, 2.45) is 0 Å². The number of aromatic nitrogens is 2. The van der Waals surface area contributed by atoms with Crippen LogP contribution in [-0.4, -0.2) is 16.2 Å². The highest BCUT2D eigenvalue weighted by molar-refractivity contribution is 5.58. The monoisotopic (exact) mass is 243 g/mol. The van der Waals surface area contributed by atoms with Gasteiger partial charge >= 0.3 is 0 Å². The minimum absolute atomic E-state index is 0.611. The molecule has 1 fully saturated rings. The van der Waals surface area contributed by atoms with Crippen LogP contribution >= 0.6 is 0 Å². The zero-order chi connectivity index (χ0) is 12.5. The number of nitrogens with zero attached hydrogens (tertiary/aromatic N) is 2. The van der Waals surface area contributed by atoms with E-state index in [0.29, 0.717) is 18.5 Å². The molecular formula is C14H17N3O. The van der Waals surface area contributed by atoms with Crippen LogP contribution in [0.3, 0.4) is 0 Å². The van der Waals surface area contributed by atoms with Gasteiger partial charge in [0.1, 0.15) is 0 Å². The van der Waals surface area contributed by atoms with Gasteiger partial charge in [0, 0.05) is 11.6 Å². The minimum atomic E-state index is 0.611. The summed E-state index contributed by atoms with van der Waals surface area (Å²) < 4.78 is 5.32. The molecule has 1 aromatic carbocycles. The van der Waals surface area contributed by atoms with Gasteiger partial charge in [0.05, 0.1) is 6.54 Å². The van der Waals surface area contributed by atoms with Crippen molar-refractivity contribution in [3.8, 4) is 11.5 Å². The van der Waals surface area contributed by atoms with Crippen LogP contribution < -0.4 is 5.32 Å². The fourth-order valence-corrected chi connectivity index (χ4v) is 2.01. The van der Waals surface area contributed by atoms with E-state index in [1.165, 1.54) is 24.0 Å². The van der Waals surface area contributed by atoms with E-state index >= 15 is 0 Å². The molecule has 1 N–H and O–H groups in total. The van der Waals surface area contributed by atoms with Crippen molar-refractivity contribution in [1.82, 2.24) is 15.5 Å². The van der Waals surface area contributed by atoms with Crippen molar-refractivity contribution in [2.45, 2.75) is 39.3 Å². The van der Waals surface area contributed by atoms with Gasteiger partial charge in [0.25, 0.3) is 5.89 Å². The van der Waals surface area contributed by atoms with Crippen molar-refractivity contribution in [3.05, 3.63) is 35.2 Å². The van der Waals surface area contributed by atoms with Crippen LogP contribution in [-0.2, 0) is 6.54 Å². The Kier molecular flexibility index (Phi) is 2.88. The first-order chi connectivity index (χ1) is 8.72. The van der Waals surface area contributed by atoms with Gasteiger partial charge < -0.3 is 9.84 Å². The fourth-order valence-electron chi connectivity index (χ4n) is 2.01. The van der Waals surface area contributed by atoms with Crippen molar-refractivity contribution < 1.29 is 4.52 Å². The largest absolute Gasteiger partial charge is 0.334 e. The highest BCUT2D eigenvalue weighted by atomic mass is 16.5. The molecule has 1 aliphatic carbocycles. The van der Waals surface area contributed by atoms with Crippen LogP contribution in [0.5, 0.6) is 0 Å². The number of nitrogens with one attached hydrogen (secondary N) is 1. The highest BCUT2D eigenvalue weighted by Gasteiger charge is 2.21. The zero-order valence-electron chi connectivity index (χ0n) is 10.7. The lowest BCUT2D eigenvalue weighted by Gasteiger charge is -2.01. The van der Waals surface area contributed by atoms with Crippen LogP contribution in [0, 0.1) is 13.8 Å². The Morgan fingerprint density at radius 2 is 2.17 bits per heavy atom. The fraction of sp³-hybridized carbons (Fsp3) is 0.429. The van der Waals surface area contributed by atoms with E-state index in [0.717, 1.165) is 11.4 Å². The molecule has 1 aromatic heterocycles. The quantitative estimate of drug-likeness (QED) is 0.896. The molecule has 0 spiro atoms. The summed E-state index contributed by atoms with van der Waals surface area (Å²) in [4.78, 5) is 4.43. The van der Waals surface area contributed by atoms with E-state index in [4.69, 9.17) is 4.52 Å². The molecule has 3 rings (SSSR count). The standard InChI is InChI=1S/C14H17N3O/c1-9-3-6-12(10(2)7-9)14-16-13(17-18-14)8-15-11-4-5-11/h3,6-7,11,15H,4-5,8H2,1-2H3. The molecule has 0 amide bonds. The molecule has 94 valence electrons. The van der Waals surface area contributed by atoms with Gasteiger partial charge in [-0.15, -0.1) is 0 Å². The molecule has 0 aliphatic heterocycles. The van der Waals surface area contributed by atoms with Crippen LogP contribution in [0.4, 0.5) is 0 Å². The third kappa shape index (κ3) is 2.43. The summed E-state index contributed by atoms with van der Waals surface area (Å²) in [6.45, 7) is 4.84. The van der Waals surface area contributed by atoms with Gasteiger partial charge in [0.2, 0.25) is 0 Å². The summed E-state index contributed by atoms with van der Waals surface area (Å²) in [7, 11) is 0. The zero-order valence-corrected chi connectivity index (χ0v) is 10.7. The molecule has 0 bridgehead atoms. The molecule has 0 atom stereocenters. The Hall–Kier alpha value is -1.68. The molecule has 1 saturated carbocycles. The Bertz CT molecular complexity index is 558. The van der Waals surface area contributed by atoms with Crippen molar-refractivity contribution in [2.75, 3.05) is 0 Å². The summed E-state index contributed by atoms with van der Waals surface area (Å²) in [5, 5.41) is 7.38. The lowest BCUT2D eigenvalue weighted by atomic mass is 10.1. The Balaban J connectivity index is 1.78. The van der Waals surface area contributed by atoms with Gasteiger partial charge in [-0.3, -0.25) is 0 Å². The molecule has 0 radical (unpaired) electrons. The van der Waals surface area contributed by atoms with E-state index in [2.05, 4.69) is 41.4 Å². The second kappa shape index (κ2) is 4.53. The highest BCUT2D eigenvalue weighted by Crippen LogP contribution is 2.23. The molecule has 18 heavy (non-hydrogen) atoms. The lowest BCUT2D eigenvalue weighted by Crippen LogP contribution is -2.16. The van der Waals surface area contributed by atoms with Crippen LogP contribution in [0.25, 0.3) is 11.5 Å². The number of benzene rings is 1. The smallest absolute Gasteiger partial charge is 0.258 e. The average Bonchev–Trinajstić information content (AvgIpc) is 3.05. The van der Waals surface area contributed by atoms with Crippen LogP contribution in [0.15, 0.2) is 22.7 Å². The predicted molar refractivity (Wildman–Crippen MR) is 69.1 cm³/mol. The third-order valence-corrected chi connectivity index (χ3v) is 3.21. The second-order valence-electron chi connectivity index (χ2n) is 4.99. The van der Waals surface area contributed by atoms with Gasteiger partial charge in [-0.05, 0) is 38.3 Å². The Labute approximate surface area is 106 Å². The molecule has 2 aromatic rings. The molecule has 0 unspecified atom stereocenters. The van der Waals surface area contributed by atoms with E-state index < -0.39 is 0 Å². The maximum atomic E-state index is 5.32. The molecule has 1 aliphatic rings. The first kappa shape index (κ1) is 11.4. The summed E-state index contributed by atoms with van der Waals surface area (Å²) in [5.41, 5.74) is 3.43. The third-order valence-electron chi connectivity index (χ3n) is 3.21. The predicted octanol–water partition coefficient (Wildman–Crippen LogP) is 2.61. The van der Waals surface area contributed by atoms with Gasteiger partial charge in [0.15, 0.2) is 5.82 Å². The summed E-state index contributed by atoms with van der Waals surface area (Å²) in [6.07, 6.45) is 2.53. The minimum Gasteiger partial charge on any atom is -0.334 e. The van der Waals surface area contributed by atoms with Gasteiger partial charge in [-0.2, -0.15) is 4.98 Å². The Morgan fingerprint density at radius 1 is 1.33 bits per heavy atom. The van der Waals surface area contributed by atoms with Crippen molar-refractivity contribution in [3.63, 3.8) is 0 Å². The van der Waals surface area contributed by atoms with E-state index in [1.54, 1.807) is 0 Å². The topological polar surface area (TPSA) is 51.0 Å². The number of rotatable bonds is 4. The first-order valence-corrected chi connectivity index (χ1v) is 6.36.